The summed E-state index contributed by atoms with van der Waals surface area (Å²) in [6, 6.07) is 2.71. The van der Waals surface area contributed by atoms with Gasteiger partial charge in [-0.1, -0.05) is 0 Å². The molecule has 3 heterocycles. The van der Waals surface area contributed by atoms with E-state index in [4.69, 9.17) is 9.47 Å². The number of aromatic nitrogens is 4. The second-order valence-corrected chi connectivity index (χ2v) is 6.24. The average molecular weight is 375 g/mol. The van der Waals surface area contributed by atoms with Crippen LogP contribution in [0.2, 0.25) is 0 Å². The fraction of sp³-hybridized carbons (Fsp3) is 0.412. The summed E-state index contributed by atoms with van der Waals surface area (Å²) in [4.78, 5) is 18.2. The third-order valence-corrected chi connectivity index (χ3v) is 4.42. The van der Waals surface area contributed by atoms with Crippen molar-refractivity contribution >= 4 is 16.7 Å². The Labute approximate surface area is 153 Å². The molecule has 1 saturated heterocycles. The van der Waals surface area contributed by atoms with Gasteiger partial charge in [0.05, 0.1) is 22.6 Å². The summed E-state index contributed by atoms with van der Waals surface area (Å²) in [5, 5.41) is 15.8. The molecule has 9 nitrogen and oxygen atoms in total. The van der Waals surface area contributed by atoms with Gasteiger partial charge < -0.3 is 14.5 Å². The first kappa shape index (κ1) is 17.4. The van der Waals surface area contributed by atoms with Crippen LogP contribution >= 0.6 is 0 Å². The zero-order valence-electron chi connectivity index (χ0n) is 14.6. The van der Waals surface area contributed by atoms with Crippen molar-refractivity contribution in [2.45, 2.75) is 32.4 Å². The number of aromatic amines is 1. The quantitative estimate of drug-likeness (QED) is 0.539. The number of H-pyrrole nitrogens is 1. The Morgan fingerprint density at radius 1 is 1.48 bits per heavy atom. The predicted molar refractivity (Wildman–Crippen MR) is 93.9 cm³/mol. The van der Waals surface area contributed by atoms with Crippen LogP contribution in [0, 0.1) is 15.9 Å². The molecule has 1 fully saturated rings. The summed E-state index contributed by atoms with van der Waals surface area (Å²) in [6.07, 6.45) is 3.69. The molecule has 1 N–H and O–H groups in total. The van der Waals surface area contributed by atoms with E-state index in [-0.39, 0.29) is 29.2 Å². The largest absolute Gasteiger partial charge is 0.491 e. The molecule has 1 aromatic carbocycles. The van der Waals surface area contributed by atoms with Gasteiger partial charge in [0.1, 0.15) is 12.4 Å². The SMILES string of the molecule is CCOc1cc2nc(-c3nn(C4CCCCO4)cc3[N+](=O)[O-])[nH]c2cc1F. The molecular weight excluding hydrogens is 357 g/mol. The molecule has 1 atom stereocenters. The molecule has 0 saturated carbocycles. The first-order chi connectivity index (χ1) is 13.1. The van der Waals surface area contributed by atoms with Gasteiger partial charge in [0, 0.05) is 18.7 Å². The first-order valence-electron chi connectivity index (χ1n) is 8.74. The summed E-state index contributed by atoms with van der Waals surface area (Å²) >= 11 is 0. The van der Waals surface area contributed by atoms with Crippen LogP contribution in [0.4, 0.5) is 10.1 Å². The van der Waals surface area contributed by atoms with Crippen LogP contribution in [-0.2, 0) is 4.74 Å². The average Bonchev–Trinajstić information content (AvgIpc) is 3.27. The van der Waals surface area contributed by atoms with E-state index < -0.39 is 10.7 Å². The lowest BCUT2D eigenvalue weighted by Gasteiger charge is -2.22. The highest BCUT2D eigenvalue weighted by Gasteiger charge is 2.27. The second-order valence-electron chi connectivity index (χ2n) is 6.24. The Morgan fingerprint density at radius 2 is 2.33 bits per heavy atom. The third kappa shape index (κ3) is 3.23. The molecule has 0 bridgehead atoms. The van der Waals surface area contributed by atoms with Crippen molar-refractivity contribution in [3.05, 3.63) is 34.3 Å². The number of hydrogen-bond donors (Lipinski definition) is 1. The zero-order valence-corrected chi connectivity index (χ0v) is 14.6. The smallest absolute Gasteiger partial charge is 0.318 e. The fourth-order valence-electron chi connectivity index (χ4n) is 3.15. The van der Waals surface area contributed by atoms with E-state index >= 15 is 0 Å². The molecule has 2 aromatic heterocycles. The minimum absolute atomic E-state index is 0.0821. The van der Waals surface area contributed by atoms with Gasteiger partial charge in [-0.3, -0.25) is 10.1 Å². The van der Waals surface area contributed by atoms with Crippen molar-refractivity contribution in [3.8, 4) is 17.3 Å². The number of rotatable bonds is 5. The number of fused-ring (bicyclic) bond motifs is 1. The number of nitrogens with zero attached hydrogens (tertiary/aromatic N) is 4. The van der Waals surface area contributed by atoms with Gasteiger partial charge in [0.2, 0.25) is 5.69 Å². The van der Waals surface area contributed by atoms with Gasteiger partial charge >= 0.3 is 5.69 Å². The zero-order chi connectivity index (χ0) is 19.0. The number of imidazole rings is 1. The van der Waals surface area contributed by atoms with Crippen LogP contribution < -0.4 is 4.74 Å². The lowest BCUT2D eigenvalue weighted by Crippen LogP contribution is -2.18. The maximum atomic E-state index is 14.1. The van der Waals surface area contributed by atoms with Crippen molar-refractivity contribution < 1.29 is 18.8 Å². The van der Waals surface area contributed by atoms with Crippen LogP contribution in [0.3, 0.4) is 0 Å². The number of halogens is 1. The van der Waals surface area contributed by atoms with Crippen molar-refractivity contribution in [2.24, 2.45) is 0 Å². The van der Waals surface area contributed by atoms with Crippen molar-refractivity contribution in [3.63, 3.8) is 0 Å². The van der Waals surface area contributed by atoms with Crippen molar-refractivity contribution in [1.82, 2.24) is 19.7 Å². The number of nitro groups is 1. The number of hydrogen-bond acceptors (Lipinski definition) is 6. The minimum atomic E-state index is -0.532. The summed E-state index contributed by atoms with van der Waals surface area (Å²) in [5.74, 6) is -0.256. The Morgan fingerprint density at radius 3 is 3.04 bits per heavy atom. The summed E-state index contributed by atoms with van der Waals surface area (Å²) in [5.41, 5.74) is 0.744. The highest BCUT2D eigenvalue weighted by Crippen LogP contribution is 2.32. The predicted octanol–water partition coefficient (Wildman–Crippen LogP) is 3.57. The van der Waals surface area contributed by atoms with E-state index in [1.807, 2.05) is 0 Å². The molecule has 0 amide bonds. The standard InChI is InChI=1S/C17H18FN5O4/c1-2-26-14-8-12-11(7-10(14)18)19-17(20-12)16-13(23(24)25)9-22(21-16)15-5-3-4-6-27-15/h7-9,15H,2-6H2,1H3,(H,19,20). The number of ether oxygens (including phenoxy) is 2. The maximum Gasteiger partial charge on any atom is 0.318 e. The molecule has 27 heavy (non-hydrogen) atoms. The lowest BCUT2D eigenvalue weighted by atomic mass is 10.2. The van der Waals surface area contributed by atoms with Crippen LogP contribution in [0.25, 0.3) is 22.6 Å². The Hall–Kier alpha value is -3.01. The van der Waals surface area contributed by atoms with Crippen molar-refractivity contribution in [2.75, 3.05) is 13.2 Å². The van der Waals surface area contributed by atoms with E-state index in [0.29, 0.717) is 24.2 Å². The molecular formula is C17H18FN5O4. The van der Waals surface area contributed by atoms with Crippen molar-refractivity contribution in [1.29, 1.82) is 0 Å². The van der Waals surface area contributed by atoms with Crippen LogP contribution in [-0.4, -0.2) is 37.9 Å². The fourth-order valence-corrected chi connectivity index (χ4v) is 3.15. The second kappa shape index (κ2) is 6.95. The Balaban J connectivity index is 1.77. The molecule has 10 heteroatoms. The molecule has 0 spiro atoms. The molecule has 4 rings (SSSR count). The van der Waals surface area contributed by atoms with E-state index in [0.717, 1.165) is 19.3 Å². The van der Waals surface area contributed by atoms with Gasteiger partial charge in [-0.2, -0.15) is 5.10 Å². The highest BCUT2D eigenvalue weighted by molar-refractivity contribution is 5.81. The number of benzene rings is 1. The Kier molecular flexibility index (Phi) is 4.48. The normalized spacial score (nSPS) is 17.3. The van der Waals surface area contributed by atoms with Gasteiger partial charge in [0.15, 0.2) is 17.4 Å². The van der Waals surface area contributed by atoms with Gasteiger partial charge in [-0.25, -0.2) is 14.1 Å². The maximum absolute atomic E-state index is 14.1. The van der Waals surface area contributed by atoms with Crippen LogP contribution in [0.15, 0.2) is 18.3 Å². The van der Waals surface area contributed by atoms with Gasteiger partial charge in [0.25, 0.3) is 0 Å². The number of nitrogens with one attached hydrogen (secondary N) is 1. The molecule has 0 aliphatic carbocycles. The molecule has 3 aromatic rings. The topological polar surface area (TPSA) is 108 Å². The summed E-state index contributed by atoms with van der Waals surface area (Å²) < 4.78 is 26.4. The minimum Gasteiger partial charge on any atom is -0.491 e. The van der Waals surface area contributed by atoms with E-state index in [1.54, 1.807) is 6.92 Å². The molecule has 142 valence electrons. The molecule has 1 unspecified atom stereocenters. The third-order valence-electron chi connectivity index (χ3n) is 4.42. The van der Waals surface area contributed by atoms with E-state index in [1.165, 1.54) is 23.0 Å². The summed E-state index contributed by atoms with van der Waals surface area (Å²) in [6.45, 7) is 2.66. The molecule has 0 radical (unpaired) electrons. The van der Waals surface area contributed by atoms with Gasteiger partial charge in [-0.15, -0.1) is 0 Å². The monoisotopic (exact) mass is 375 g/mol. The Bertz CT molecular complexity index is 993. The van der Waals surface area contributed by atoms with Crippen LogP contribution in [0.5, 0.6) is 5.75 Å². The van der Waals surface area contributed by atoms with E-state index in [2.05, 4.69) is 15.1 Å². The first-order valence-corrected chi connectivity index (χ1v) is 8.74. The van der Waals surface area contributed by atoms with E-state index in [9.17, 15) is 14.5 Å². The van der Waals surface area contributed by atoms with Gasteiger partial charge in [-0.05, 0) is 26.2 Å². The lowest BCUT2D eigenvalue weighted by molar-refractivity contribution is -0.384. The molecule has 1 aliphatic heterocycles. The van der Waals surface area contributed by atoms with Crippen LogP contribution in [0.1, 0.15) is 32.4 Å². The summed E-state index contributed by atoms with van der Waals surface area (Å²) in [7, 11) is 0. The molecule has 1 aliphatic rings. The highest BCUT2D eigenvalue weighted by atomic mass is 19.1.